The highest BCUT2D eigenvalue weighted by Crippen LogP contribution is 2.19. The van der Waals surface area contributed by atoms with Crippen LogP contribution in [0.15, 0.2) is 29.2 Å². The number of aldehydes is 1. The number of benzene rings is 1. The molecule has 0 heterocycles. The van der Waals surface area contributed by atoms with E-state index in [1.165, 1.54) is 82.2 Å². The molecule has 0 atom stereocenters. The first kappa shape index (κ1) is 26.7. The average Bonchev–Trinajstić information content (AvgIpc) is 2.63. The van der Waals surface area contributed by atoms with Crippen molar-refractivity contribution in [3.63, 3.8) is 0 Å². The summed E-state index contributed by atoms with van der Waals surface area (Å²) in [6, 6.07) is 7.91. The largest absolute Gasteiger partial charge is 1.00 e. The summed E-state index contributed by atoms with van der Waals surface area (Å²) in [6.07, 6.45) is 15.0. The molecule has 0 aromatic heterocycles. The number of hydrogen-bond donors (Lipinski definition) is 0. The molecule has 4 heteroatoms. The van der Waals surface area contributed by atoms with Gasteiger partial charge in [0.05, 0.1) is 27.2 Å². The van der Waals surface area contributed by atoms with Crippen molar-refractivity contribution in [3.05, 3.63) is 29.8 Å². The van der Waals surface area contributed by atoms with Crippen LogP contribution in [0.5, 0.6) is 0 Å². The van der Waals surface area contributed by atoms with Gasteiger partial charge in [0.2, 0.25) is 0 Å². The normalized spacial score (nSPS) is 11.2. The van der Waals surface area contributed by atoms with Gasteiger partial charge in [-0.25, -0.2) is 0 Å². The van der Waals surface area contributed by atoms with Crippen molar-refractivity contribution in [3.8, 4) is 0 Å². The Kier molecular flexibility index (Phi) is 16.4. The molecule has 27 heavy (non-hydrogen) atoms. The van der Waals surface area contributed by atoms with Crippen LogP contribution in [0.25, 0.3) is 0 Å². The molecule has 0 aliphatic heterocycles. The van der Waals surface area contributed by atoms with Gasteiger partial charge in [0.15, 0.2) is 0 Å². The third-order valence-electron chi connectivity index (χ3n) is 5.10. The Morgan fingerprint density at radius 3 is 1.85 bits per heavy atom. The van der Waals surface area contributed by atoms with Gasteiger partial charge in [-0.1, -0.05) is 70.4 Å². The van der Waals surface area contributed by atoms with Gasteiger partial charge in [-0.2, -0.15) is 0 Å². The highest BCUT2D eigenvalue weighted by atomic mass is 79.9. The third kappa shape index (κ3) is 14.3. The summed E-state index contributed by atoms with van der Waals surface area (Å²) < 4.78 is 1.11. The number of carbonyl (C=O) groups is 1. The van der Waals surface area contributed by atoms with E-state index < -0.39 is 0 Å². The van der Waals surface area contributed by atoms with Gasteiger partial charge in [0.1, 0.15) is 6.29 Å². The fourth-order valence-electron chi connectivity index (χ4n) is 3.19. The number of thioether (sulfide) groups is 1. The summed E-state index contributed by atoms with van der Waals surface area (Å²) >= 11 is 1.89. The van der Waals surface area contributed by atoms with Crippen LogP contribution in [-0.4, -0.2) is 43.7 Å². The number of rotatable bonds is 16. The number of halogens is 1. The van der Waals surface area contributed by atoms with E-state index in [9.17, 15) is 4.79 Å². The molecular formula is C23H40BrNOS. The van der Waals surface area contributed by atoms with Crippen LogP contribution in [0.2, 0.25) is 0 Å². The molecule has 156 valence electrons. The lowest BCUT2D eigenvalue weighted by Gasteiger charge is -2.29. The first-order chi connectivity index (χ1) is 12.6. The summed E-state index contributed by atoms with van der Waals surface area (Å²) in [5, 5.41) is 0. The zero-order valence-corrected chi connectivity index (χ0v) is 20.1. The molecule has 0 aliphatic carbocycles. The lowest BCUT2D eigenvalue weighted by Crippen LogP contribution is -3.00. The molecule has 0 bridgehead atoms. The molecule has 0 saturated heterocycles. The highest BCUT2D eigenvalue weighted by molar-refractivity contribution is 7.99. The molecule has 0 amide bonds. The summed E-state index contributed by atoms with van der Waals surface area (Å²) in [4.78, 5) is 11.9. The second-order valence-electron chi connectivity index (χ2n) is 8.10. The maximum Gasteiger partial charge on any atom is 0.150 e. The molecule has 0 N–H and O–H groups in total. The van der Waals surface area contributed by atoms with Gasteiger partial charge in [0, 0.05) is 16.2 Å². The van der Waals surface area contributed by atoms with E-state index in [0.717, 1.165) is 22.1 Å². The Morgan fingerprint density at radius 2 is 1.33 bits per heavy atom. The molecule has 0 aliphatic rings. The van der Waals surface area contributed by atoms with E-state index in [1.807, 2.05) is 23.9 Å². The topological polar surface area (TPSA) is 17.1 Å². The van der Waals surface area contributed by atoms with Gasteiger partial charge in [-0.3, -0.25) is 4.79 Å². The molecule has 1 aromatic rings. The van der Waals surface area contributed by atoms with E-state index >= 15 is 0 Å². The predicted molar refractivity (Wildman–Crippen MR) is 116 cm³/mol. The van der Waals surface area contributed by atoms with Crippen molar-refractivity contribution in [2.75, 3.05) is 32.9 Å². The highest BCUT2D eigenvalue weighted by Gasteiger charge is 2.14. The second-order valence-corrected chi connectivity index (χ2v) is 9.27. The minimum Gasteiger partial charge on any atom is -1.00 e. The smallest absolute Gasteiger partial charge is 0.150 e. The van der Waals surface area contributed by atoms with Crippen LogP contribution < -0.4 is 17.0 Å². The number of quaternary nitrogens is 1. The summed E-state index contributed by atoms with van der Waals surface area (Å²) in [7, 11) is 4.70. The standard InChI is InChI=1S/C23H40NOS.BrH/c1-4-5-6-7-8-9-10-11-12-13-18-24(2,3)19-20-26-23-16-14-22(21-25)15-17-23;/h14-17,21H,4-13,18-20H2,1-3H3;1H/q+1;/p-1. The van der Waals surface area contributed by atoms with Gasteiger partial charge < -0.3 is 21.5 Å². The minimum atomic E-state index is 0. The Hall–Kier alpha value is -0.320. The van der Waals surface area contributed by atoms with E-state index in [1.54, 1.807) is 0 Å². The lowest BCUT2D eigenvalue weighted by atomic mass is 10.1. The third-order valence-corrected chi connectivity index (χ3v) is 6.09. The fraction of sp³-hybridized carbons (Fsp3) is 0.696. The van der Waals surface area contributed by atoms with Crippen molar-refractivity contribution < 1.29 is 26.3 Å². The molecular weight excluding hydrogens is 418 g/mol. The van der Waals surface area contributed by atoms with Crippen molar-refractivity contribution in [2.24, 2.45) is 0 Å². The van der Waals surface area contributed by atoms with E-state index in [4.69, 9.17) is 0 Å². The zero-order valence-electron chi connectivity index (χ0n) is 17.7. The Labute approximate surface area is 182 Å². The minimum absolute atomic E-state index is 0. The first-order valence-electron chi connectivity index (χ1n) is 10.6. The molecule has 0 unspecified atom stereocenters. The zero-order chi connectivity index (χ0) is 19.1. The SMILES string of the molecule is CCCCCCCCCCCC[N+](C)(C)CCSc1ccc(C=O)cc1.[Br-]. The number of carbonyl (C=O) groups excluding carboxylic acids is 1. The summed E-state index contributed by atoms with van der Waals surface area (Å²) in [5.41, 5.74) is 0.756. The molecule has 0 radical (unpaired) electrons. The van der Waals surface area contributed by atoms with E-state index in [-0.39, 0.29) is 17.0 Å². The lowest BCUT2D eigenvalue weighted by molar-refractivity contribution is -0.888. The number of nitrogens with zero attached hydrogens (tertiary/aromatic N) is 1. The van der Waals surface area contributed by atoms with Crippen LogP contribution in [0.1, 0.15) is 81.5 Å². The molecule has 2 nitrogen and oxygen atoms in total. The maximum absolute atomic E-state index is 10.7. The number of unbranched alkanes of at least 4 members (excludes halogenated alkanes) is 9. The van der Waals surface area contributed by atoms with Crippen molar-refractivity contribution >= 4 is 18.0 Å². The van der Waals surface area contributed by atoms with E-state index in [0.29, 0.717) is 0 Å². The molecule has 0 fully saturated rings. The Balaban J connectivity index is 0.00000676. The Bertz CT molecular complexity index is 476. The molecule has 1 aromatic carbocycles. The van der Waals surface area contributed by atoms with Crippen LogP contribution in [0.3, 0.4) is 0 Å². The summed E-state index contributed by atoms with van der Waals surface area (Å²) in [5.74, 6) is 1.13. The monoisotopic (exact) mass is 457 g/mol. The molecule has 0 spiro atoms. The van der Waals surface area contributed by atoms with Gasteiger partial charge >= 0.3 is 0 Å². The average molecular weight is 459 g/mol. The van der Waals surface area contributed by atoms with Crippen LogP contribution in [0.4, 0.5) is 0 Å². The Morgan fingerprint density at radius 1 is 0.815 bits per heavy atom. The number of hydrogen-bond acceptors (Lipinski definition) is 2. The molecule has 1 rings (SSSR count). The van der Waals surface area contributed by atoms with E-state index in [2.05, 4.69) is 33.2 Å². The fourth-order valence-corrected chi connectivity index (χ4v) is 4.34. The summed E-state index contributed by atoms with van der Waals surface area (Å²) in [6.45, 7) is 4.75. The maximum atomic E-state index is 10.7. The van der Waals surface area contributed by atoms with Crippen molar-refractivity contribution in [1.29, 1.82) is 0 Å². The molecule has 0 saturated carbocycles. The quantitative estimate of drug-likeness (QED) is 0.163. The van der Waals surface area contributed by atoms with Gasteiger partial charge in [-0.15, -0.1) is 11.8 Å². The van der Waals surface area contributed by atoms with Crippen molar-refractivity contribution in [1.82, 2.24) is 0 Å². The van der Waals surface area contributed by atoms with Crippen LogP contribution >= 0.6 is 11.8 Å². The van der Waals surface area contributed by atoms with Gasteiger partial charge in [-0.05, 0) is 25.0 Å². The first-order valence-corrected chi connectivity index (χ1v) is 11.6. The van der Waals surface area contributed by atoms with Gasteiger partial charge in [0.25, 0.3) is 0 Å². The second kappa shape index (κ2) is 16.6. The van der Waals surface area contributed by atoms with Crippen LogP contribution in [-0.2, 0) is 0 Å². The predicted octanol–water partition coefficient (Wildman–Crippen LogP) is 3.59. The van der Waals surface area contributed by atoms with Crippen LogP contribution in [0, 0.1) is 0 Å². The van der Waals surface area contributed by atoms with Crippen molar-refractivity contribution in [2.45, 2.75) is 76.0 Å².